The molecule has 2 aromatic heterocycles. The van der Waals surface area contributed by atoms with Gasteiger partial charge in [-0.2, -0.15) is 13.2 Å². The van der Waals surface area contributed by atoms with Gasteiger partial charge in [0.1, 0.15) is 11.9 Å². The second kappa shape index (κ2) is 9.69. The van der Waals surface area contributed by atoms with Crippen molar-refractivity contribution in [3.8, 4) is 22.9 Å². The summed E-state index contributed by atoms with van der Waals surface area (Å²) in [6.07, 6.45) is -1.89. The van der Waals surface area contributed by atoms with E-state index in [0.717, 1.165) is 6.07 Å². The summed E-state index contributed by atoms with van der Waals surface area (Å²) in [4.78, 5) is 20.4. The van der Waals surface area contributed by atoms with E-state index in [2.05, 4.69) is 15.3 Å². The van der Waals surface area contributed by atoms with Crippen molar-refractivity contribution in [1.82, 2.24) is 15.3 Å². The van der Waals surface area contributed by atoms with Crippen LogP contribution in [0.25, 0.3) is 22.2 Å². The molecular weight excluding hydrogens is 463 g/mol. The number of rotatable bonds is 6. The van der Waals surface area contributed by atoms with E-state index in [1.54, 1.807) is 30.5 Å². The number of pyridine rings is 2. The molecule has 1 N–H and O–H groups in total. The van der Waals surface area contributed by atoms with Crippen LogP contribution in [0.2, 0.25) is 0 Å². The van der Waals surface area contributed by atoms with Crippen LogP contribution < -0.4 is 14.8 Å². The molecule has 0 aliphatic carbocycles. The molecule has 0 spiro atoms. The molecule has 3 aromatic rings. The Morgan fingerprint density at radius 2 is 1.97 bits per heavy atom. The van der Waals surface area contributed by atoms with Crippen LogP contribution in [0.15, 0.2) is 42.6 Å². The van der Waals surface area contributed by atoms with Crippen molar-refractivity contribution in [2.75, 3.05) is 26.4 Å². The highest BCUT2D eigenvalue weighted by Crippen LogP contribution is 2.40. The molecule has 1 aromatic carbocycles. The summed E-state index contributed by atoms with van der Waals surface area (Å²) in [6, 6.07) is 9.12. The van der Waals surface area contributed by atoms with Crippen LogP contribution >= 0.6 is 0 Å². The van der Waals surface area contributed by atoms with Crippen LogP contribution in [0.5, 0.6) is 11.6 Å². The third-order valence-electron chi connectivity index (χ3n) is 6.12. The zero-order valence-electron chi connectivity index (χ0n) is 18.8. The Balaban J connectivity index is 1.48. The molecule has 10 heteroatoms. The van der Waals surface area contributed by atoms with E-state index < -0.39 is 11.7 Å². The standard InChI is InChI=1S/C25H24F3N3O4/c26-25(27,28)19-11-16(3-4-22(19)35-17-5-8-33-9-6-17)20-12-21-18(2-1-7-29-21)24(31-20)34-14-15-10-23(32)30-13-15/h1-4,7,11-12,15,17H,5-6,8-10,13-14H2,(H,30,32). The Labute approximate surface area is 199 Å². The lowest BCUT2D eigenvalue weighted by Gasteiger charge is -2.25. The molecule has 7 nitrogen and oxygen atoms in total. The van der Waals surface area contributed by atoms with Gasteiger partial charge in [0.15, 0.2) is 0 Å². The molecule has 35 heavy (non-hydrogen) atoms. The van der Waals surface area contributed by atoms with Gasteiger partial charge in [-0.3, -0.25) is 9.78 Å². The highest BCUT2D eigenvalue weighted by Gasteiger charge is 2.36. The van der Waals surface area contributed by atoms with Crippen LogP contribution in [0.4, 0.5) is 13.2 Å². The smallest absolute Gasteiger partial charge is 0.419 e. The number of amides is 1. The average molecular weight is 487 g/mol. The maximum Gasteiger partial charge on any atom is 0.419 e. The van der Waals surface area contributed by atoms with Gasteiger partial charge in [0.25, 0.3) is 0 Å². The first-order valence-corrected chi connectivity index (χ1v) is 11.5. The van der Waals surface area contributed by atoms with Gasteiger partial charge in [-0.25, -0.2) is 4.98 Å². The molecule has 2 saturated heterocycles. The summed E-state index contributed by atoms with van der Waals surface area (Å²) in [5, 5.41) is 3.40. The normalized spacial score (nSPS) is 19.1. The Kier molecular flexibility index (Phi) is 6.46. The Morgan fingerprint density at radius 1 is 1.14 bits per heavy atom. The quantitative estimate of drug-likeness (QED) is 0.556. The van der Waals surface area contributed by atoms with Crippen molar-refractivity contribution in [2.24, 2.45) is 5.92 Å². The van der Waals surface area contributed by atoms with Gasteiger partial charge in [0, 0.05) is 43.5 Å². The lowest BCUT2D eigenvalue weighted by atomic mass is 10.0. The number of carbonyl (C=O) groups is 1. The summed E-state index contributed by atoms with van der Waals surface area (Å²) in [6.45, 7) is 1.70. The van der Waals surface area contributed by atoms with Gasteiger partial charge in [-0.15, -0.1) is 0 Å². The van der Waals surface area contributed by atoms with Gasteiger partial charge in [0.2, 0.25) is 11.8 Å². The number of hydrogen-bond donors (Lipinski definition) is 1. The molecule has 184 valence electrons. The molecule has 1 atom stereocenters. The van der Waals surface area contributed by atoms with E-state index in [0.29, 0.717) is 55.6 Å². The van der Waals surface area contributed by atoms with Gasteiger partial charge in [0.05, 0.1) is 42.0 Å². The fraction of sp³-hybridized carbons (Fsp3) is 0.400. The third kappa shape index (κ3) is 5.32. The molecule has 1 amide bonds. The lowest BCUT2D eigenvalue weighted by Crippen LogP contribution is -2.26. The fourth-order valence-corrected chi connectivity index (χ4v) is 4.27. The van der Waals surface area contributed by atoms with E-state index in [-0.39, 0.29) is 41.7 Å². The number of benzene rings is 1. The van der Waals surface area contributed by atoms with Gasteiger partial charge >= 0.3 is 6.18 Å². The largest absolute Gasteiger partial charge is 0.490 e. The average Bonchev–Trinajstić information content (AvgIpc) is 3.27. The van der Waals surface area contributed by atoms with E-state index in [1.165, 1.54) is 6.07 Å². The first kappa shape index (κ1) is 23.3. The van der Waals surface area contributed by atoms with E-state index >= 15 is 0 Å². The van der Waals surface area contributed by atoms with E-state index in [4.69, 9.17) is 14.2 Å². The number of hydrogen-bond acceptors (Lipinski definition) is 6. The first-order valence-electron chi connectivity index (χ1n) is 11.5. The molecule has 4 heterocycles. The van der Waals surface area contributed by atoms with Crippen LogP contribution in [0.3, 0.4) is 0 Å². The van der Waals surface area contributed by atoms with E-state index in [1.807, 2.05) is 0 Å². The monoisotopic (exact) mass is 487 g/mol. The first-order chi connectivity index (χ1) is 16.9. The lowest BCUT2D eigenvalue weighted by molar-refractivity contribution is -0.139. The molecule has 0 saturated carbocycles. The number of alkyl halides is 3. The van der Waals surface area contributed by atoms with Crippen molar-refractivity contribution in [3.63, 3.8) is 0 Å². The van der Waals surface area contributed by atoms with Crippen LogP contribution in [0, 0.1) is 5.92 Å². The minimum absolute atomic E-state index is 0.00173. The molecule has 1 unspecified atom stereocenters. The SMILES string of the molecule is O=C1CC(COc2nc(-c3ccc(OC4CCOCC4)c(C(F)(F)F)c3)cc3ncccc23)CN1. The number of carbonyl (C=O) groups excluding carboxylic acids is 1. The molecule has 2 aliphatic rings. The Hall–Kier alpha value is -3.40. The third-order valence-corrected chi connectivity index (χ3v) is 6.12. The van der Waals surface area contributed by atoms with Gasteiger partial charge in [-0.1, -0.05) is 0 Å². The summed E-state index contributed by atoms with van der Waals surface area (Å²) in [5.74, 6) is 0.0238. The number of fused-ring (bicyclic) bond motifs is 1. The zero-order valence-corrected chi connectivity index (χ0v) is 18.8. The topological polar surface area (TPSA) is 82.6 Å². The van der Waals surface area contributed by atoms with Crippen LogP contribution in [-0.2, 0) is 15.7 Å². The number of nitrogens with one attached hydrogen (secondary N) is 1. The van der Waals surface area contributed by atoms with Gasteiger partial charge < -0.3 is 19.5 Å². The Bertz CT molecular complexity index is 1230. The number of halogens is 3. The second-order valence-electron chi connectivity index (χ2n) is 8.71. The number of nitrogens with zero attached hydrogens (tertiary/aromatic N) is 2. The molecule has 2 aliphatic heterocycles. The minimum Gasteiger partial charge on any atom is -0.490 e. The van der Waals surface area contributed by atoms with Crippen molar-refractivity contribution in [3.05, 3.63) is 48.2 Å². The predicted molar refractivity (Wildman–Crippen MR) is 121 cm³/mol. The maximum atomic E-state index is 14.0. The fourth-order valence-electron chi connectivity index (χ4n) is 4.27. The molecular formula is C25H24F3N3O4. The minimum atomic E-state index is -4.60. The molecule has 5 rings (SSSR count). The highest BCUT2D eigenvalue weighted by atomic mass is 19.4. The van der Waals surface area contributed by atoms with Crippen molar-refractivity contribution < 1.29 is 32.2 Å². The number of ether oxygens (including phenoxy) is 3. The zero-order chi connectivity index (χ0) is 24.4. The molecule has 0 bridgehead atoms. The maximum absolute atomic E-state index is 14.0. The highest BCUT2D eigenvalue weighted by molar-refractivity contribution is 5.87. The van der Waals surface area contributed by atoms with Crippen molar-refractivity contribution >= 4 is 16.8 Å². The van der Waals surface area contributed by atoms with E-state index in [9.17, 15) is 18.0 Å². The van der Waals surface area contributed by atoms with Crippen molar-refractivity contribution in [1.29, 1.82) is 0 Å². The Morgan fingerprint density at radius 3 is 2.71 bits per heavy atom. The number of aromatic nitrogens is 2. The second-order valence-corrected chi connectivity index (χ2v) is 8.71. The predicted octanol–water partition coefficient (Wildman–Crippen LogP) is 4.39. The molecule has 0 radical (unpaired) electrons. The van der Waals surface area contributed by atoms with Crippen molar-refractivity contribution in [2.45, 2.75) is 31.5 Å². The van der Waals surface area contributed by atoms with Crippen LogP contribution in [-0.4, -0.2) is 48.3 Å². The summed E-state index contributed by atoms with van der Waals surface area (Å²) in [7, 11) is 0. The summed E-state index contributed by atoms with van der Waals surface area (Å²) in [5.41, 5.74) is 0.258. The van der Waals surface area contributed by atoms with Crippen LogP contribution in [0.1, 0.15) is 24.8 Å². The summed E-state index contributed by atoms with van der Waals surface area (Å²) >= 11 is 0. The van der Waals surface area contributed by atoms with Gasteiger partial charge in [-0.05, 0) is 36.4 Å². The summed E-state index contributed by atoms with van der Waals surface area (Å²) < 4.78 is 58.8. The molecule has 2 fully saturated rings.